The molecule has 8 heteroatoms. The van der Waals surface area contributed by atoms with Gasteiger partial charge in [0.2, 0.25) is 0 Å². The molecule has 0 aromatic carbocycles. The number of rotatable bonds is 3. The van der Waals surface area contributed by atoms with Crippen molar-refractivity contribution in [3.8, 4) is 6.07 Å². The number of pyridine rings is 2. The van der Waals surface area contributed by atoms with Crippen molar-refractivity contribution < 1.29 is 9.53 Å². The van der Waals surface area contributed by atoms with E-state index in [1.165, 1.54) is 0 Å². The molecule has 2 aromatic rings. The van der Waals surface area contributed by atoms with Crippen molar-refractivity contribution in [2.24, 2.45) is 0 Å². The lowest BCUT2D eigenvalue weighted by Crippen LogP contribution is -2.46. The molecule has 8 nitrogen and oxygen atoms in total. The third-order valence-electron chi connectivity index (χ3n) is 5.76. The Balaban J connectivity index is 1.43. The number of hydrogen-bond acceptors (Lipinski definition) is 6. The number of nitrogens with one attached hydrogen (secondary N) is 1. The fourth-order valence-electron chi connectivity index (χ4n) is 4.48. The number of likely N-dealkylation sites (tertiary alicyclic amines) is 1. The first-order valence-corrected chi connectivity index (χ1v) is 10.4. The van der Waals surface area contributed by atoms with E-state index in [0.29, 0.717) is 12.1 Å². The molecule has 0 saturated carbocycles. The summed E-state index contributed by atoms with van der Waals surface area (Å²) in [6, 6.07) is 5.62. The second-order valence-corrected chi connectivity index (χ2v) is 9.13. The molecule has 0 radical (unpaired) electrons. The Morgan fingerprint density at radius 1 is 1.33 bits per heavy atom. The Bertz CT molecular complexity index is 1070. The smallest absolute Gasteiger partial charge is 0.407 e. The fraction of sp³-hybridized carbons (Fsp3) is 0.545. The van der Waals surface area contributed by atoms with Gasteiger partial charge in [0.05, 0.1) is 16.6 Å². The topological polar surface area (TPSA) is 100 Å². The summed E-state index contributed by atoms with van der Waals surface area (Å²) in [6.45, 7) is 8.59. The van der Waals surface area contributed by atoms with Crippen molar-refractivity contribution in [1.82, 2.24) is 19.8 Å². The van der Waals surface area contributed by atoms with Crippen LogP contribution >= 0.6 is 0 Å². The van der Waals surface area contributed by atoms with Gasteiger partial charge in [-0.2, -0.15) is 5.26 Å². The number of alkyl carbamates (subject to hydrolysis) is 1. The number of nitrogens with zero attached hydrogens (tertiary/aromatic N) is 4. The van der Waals surface area contributed by atoms with E-state index in [2.05, 4.69) is 21.3 Å². The Labute approximate surface area is 175 Å². The van der Waals surface area contributed by atoms with E-state index in [-0.39, 0.29) is 23.6 Å². The highest BCUT2D eigenvalue weighted by molar-refractivity contribution is 5.82. The molecular weight excluding hydrogens is 382 g/mol. The SMILES string of the molecule is CC(C)(C)OC(=O)NC1CCN(CC2Cn3c(=O)ccc4ncc(C#N)c2c43)CC1. The Kier molecular flexibility index (Phi) is 5.24. The normalized spacial score (nSPS) is 19.6. The molecule has 1 unspecified atom stereocenters. The predicted molar refractivity (Wildman–Crippen MR) is 112 cm³/mol. The van der Waals surface area contributed by atoms with Gasteiger partial charge in [-0.3, -0.25) is 9.78 Å². The van der Waals surface area contributed by atoms with Crippen LogP contribution in [0.5, 0.6) is 0 Å². The first-order valence-electron chi connectivity index (χ1n) is 10.4. The lowest BCUT2D eigenvalue weighted by molar-refractivity contribution is 0.0477. The molecule has 0 aliphatic carbocycles. The molecule has 1 amide bonds. The van der Waals surface area contributed by atoms with Gasteiger partial charge in [-0.15, -0.1) is 0 Å². The molecule has 2 aliphatic heterocycles. The summed E-state index contributed by atoms with van der Waals surface area (Å²) >= 11 is 0. The molecule has 4 rings (SSSR count). The molecule has 0 bridgehead atoms. The third kappa shape index (κ3) is 4.03. The van der Waals surface area contributed by atoms with Crippen LogP contribution in [0.15, 0.2) is 23.1 Å². The van der Waals surface area contributed by atoms with Crippen LogP contribution in [0.1, 0.15) is 50.7 Å². The van der Waals surface area contributed by atoms with Crippen LogP contribution in [0.2, 0.25) is 0 Å². The summed E-state index contributed by atoms with van der Waals surface area (Å²) < 4.78 is 7.10. The van der Waals surface area contributed by atoms with E-state index in [1.807, 2.05) is 20.8 Å². The highest BCUT2D eigenvalue weighted by Gasteiger charge is 2.32. The molecule has 0 spiro atoms. The summed E-state index contributed by atoms with van der Waals surface area (Å²) in [6.07, 6.45) is 2.93. The standard InChI is InChI=1S/C22H27N5O3/c1-22(2,3)30-21(29)25-16-6-8-26(9-7-16)12-15-13-27-18(28)5-4-17-20(27)19(15)14(10-23)11-24-17/h4-5,11,15-16H,6-9,12-13H2,1-3H3,(H,25,29). The molecule has 1 atom stereocenters. The summed E-state index contributed by atoms with van der Waals surface area (Å²) in [7, 11) is 0. The van der Waals surface area contributed by atoms with E-state index in [4.69, 9.17) is 4.74 Å². The van der Waals surface area contributed by atoms with Crippen molar-refractivity contribution in [2.75, 3.05) is 19.6 Å². The van der Waals surface area contributed by atoms with Crippen molar-refractivity contribution in [3.63, 3.8) is 0 Å². The Hall–Kier alpha value is -2.92. The highest BCUT2D eigenvalue weighted by atomic mass is 16.6. The lowest BCUT2D eigenvalue weighted by atomic mass is 9.95. The van der Waals surface area contributed by atoms with Gasteiger partial charge in [0.25, 0.3) is 5.56 Å². The molecule has 1 saturated heterocycles. The summed E-state index contributed by atoms with van der Waals surface area (Å²) in [5, 5.41) is 12.5. The quantitative estimate of drug-likeness (QED) is 0.835. The van der Waals surface area contributed by atoms with Gasteiger partial charge in [-0.05, 0) is 39.7 Å². The largest absolute Gasteiger partial charge is 0.444 e. The number of carbonyl (C=O) groups excluding carboxylic acids is 1. The number of ether oxygens (including phenoxy) is 1. The maximum atomic E-state index is 12.4. The maximum absolute atomic E-state index is 12.4. The van der Waals surface area contributed by atoms with E-state index in [1.54, 1.807) is 22.9 Å². The average Bonchev–Trinajstić information content (AvgIpc) is 3.06. The number of piperidine rings is 1. The van der Waals surface area contributed by atoms with Crippen LogP contribution in [-0.4, -0.2) is 51.8 Å². The zero-order chi connectivity index (χ0) is 21.5. The van der Waals surface area contributed by atoms with Crippen LogP contribution in [0.25, 0.3) is 11.0 Å². The predicted octanol–water partition coefficient (Wildman–Crippen LogP) is 2.35. The number of aromatic nitrogens is 2. The van der Waals surface area contributed by atoms with Crippen molar-refractivity contribution in [2.45, 2.75) is 57.7 Å². The van der Waals surface area contributed by atoms with Gasteiger partial charge in [-0.1, -0.05) is 0 Å². The van der Waals surface area contributed by atoms with Gasteiger partial charge in [-0.25, -0.2) is 4.79 Å². The third-order valence-corrected chi connectivity index (χ3v) is 5.76. The van der Waals surface area contributed by atoms with Gasteiger partial charge in [0.1, 0.15) is 11.7 Å². The average molecular weight is 409 g/mol. The Morgan fingerprint density at radius 3 is 2.73 bits per heavy atom. The van der Waals surface area contributed by atoms with Gasteiger partial charge >= 0.3 is 6.09 Å². The van der Waals surface area contributed by atoms with E-state index < -0.39 is 5.60 Å². The molecular formula is C22H27N5O3. The van der Waals surface area contributed by atoms with Crippen LogP contribution < -0.4 is 10.9 Å². The first-order chi connectivity index (χ1) is 14.2. The van der Waals surface area contributed by atoms with E-state index in [9.17, 15) is 14.9 Å². The molecule has 2 aromatic heterocycles. The van der Waals surface area contributed by atoms with Crippen molar-refractivity contribution in [1.29, 1.82) is 5.26 Å². The number of carbonyl (C=O) groups is 1. The molecule has 30 heavy (non-hydrogen) atoms. The minimum atomic E-state index is -0.505. The highest BCUT2D eigenvalue weighted by Crippen LogP contribution is 2.35. The number of nitriles is 1. The second-order valence-electron chi connectivity index (χ2n) is 9.13. The van der Waals surface area contributed by atoms with E-state index >= 15 is 0 Å². The van der Waals surface area contributed by atoms with Gasteiger partial charge in [0.15, 0.2) is 0 Å². The minimum absolute atomic E-state index is 0.0524. The minimum Gasteiger partial charge on any atom is -0.444 e. The van der Waals surface area contributed by atoms with Crippen molar-refractivity contribution >= 4 is 17.1 Å². The summed E-state index contributed by atoms with van der Waals surface area (Å²) in [5.74, 6) is 0.0793. The Morgan fingerprint density at radius 2 is 2.07 bits per heavy atom. The van der Waals surface area contributed by atoms with Gasteiger partial charge in [0, 0.05) is 56.0 Å². The van der Waals surface area contributed by atoms with Crippen LogP contribution in [-0.2, 0) is 11.3 Å². The van der Waals surface area contributed by atoms with Crippen molar-refractivity contribution in [3.05, 3.63) is 39.8 Å². The zero-order valence-corrected chi connectivity index (χ0v) is 17.6. The second kappa shape index (κ2) is 7.73. The molecule has 1 fully saturated rings. The zero-order valence-electron chi connectivity index (χ0n) is 17.6. The number of hydrogen-bond donors (Lipinski definition) is 1. The van der Waals surface area contributed by atoms with Crippen LogP contribution in [0.4, 0.5) is 4.79 Å². The van der Waals surface area contributed by atoms with Gasteiger partial charge < -0.3 is 19.5 Å². The summed E-state index contributed by atoms with van der Waals surface area (Å²) in [4.78, 5) is 31.1. The summed E-state index contributed by atoms with van der Waals surface area (Å²) in [5.41, 5.74) is 2.48. The fourth-order valence-corrected chi connectivity index (χ4v) is 4.48. The molecule has 2 aliphatic rings. The maximum Gasteiger partial charge on any atom is 0.407 e. The molecule has 1 N–H and O–H groups in total. The monoisotopic (exact) mass is 409 g/mol. The molecule has 158 valence electrons. The van der Waals surface area contributed by atoms with Crippen LogP contribution in [0.3, 0.4) is 0 Å². The molecule has 4 heterocycles. The van der Waals surface area contributed by atoms with Crippen LogP contribution in [0, 0.1) is 11.3 Å². The lowest BCUT2D eigenvalue weighted by Gasteiger charge is -2.34. The number of amides is 1. The first kappa shape index (κ1) is 20.4. The van der Waals surface area contributed by atoms with E-state index in [0.717, 1.165) is 49.1 Å².